The van der Waals surface area contributed by atoms with Gasteiger partial charge in [-0.05, 0) is 41.5 Å². The number of hydrogen-bond donors (Lipinski definition) is 3. The quantitative estimate of drug-likeness (QED) is 0.579. The van der Waals surface area contributed by atoms with Gasteiger partial charge < -0.3 is 15.3 Å². The third-order valence-electron chi connectivity index (χ3n) is 0. The molecule has 1 radical (unpaired) electrons. The summed E-state index contributed by atoms with van der Waals surface area (Å²) in [5, 5.41) is 24.2. The van der Waals surface area contributed by atoms with Gasteiger partial charge in [0.2, 0.25) is 0 Å². The van der Waals surface area contributed by atoms with Gasteiger partial charge in [-0.15, -0.1) is 0 Å². The molecule has 0 aromatic heterocycles. The third kappa shape index (κ3) is 2620. The Kier molecular flexibility index (Phi) is 33.5. The van der Waals surface area contributed by atoms with E-state index in [2.05, 4.69) is 0 Å². The summed E-state index contributed by atoms with van der Waals surface area (Å²) in [6.45, 7) is 10.3. The first-order valence-corrected chi connectivity index (χ1v) is 4.24. The van der Waals surface area contributed by atoms with Crippen molar-refractivity contribution >= 4 is 0 Å². The number of rotatable bonds is 0. The average molecular weight is 225 g/mol. The molecule has 0 aliphatic carbocycles. The standard InChI is InChI=1S/3C3H8O.Sc/c3*1-3(2)4;/h3*3-4H,1-2H3;. The molecular formula is C9H24O3Sc. The van der Waals surface area contributed by atoms with Crippen molar-refractivity contribution in [1.29, 1.82) is 0 Å². The predicted octanol–water partition coefficient (Wildman–Crippen LogP) is 1.16. The zero-order chi connectivity index (χ0) is 10.7. The van der Waals surface area contributed by atoms with E-state index in [4.69, 9.17) is 15.3 Å². The molecule has 3 nitrogen and oxygen atoms in total. The first-order valence-electron chi connectivity index (χ1n) is 4.24. The maximum Gasteiger partial charge on any atom is 0.0483 e. The monoisotopic (exact) mass is 225 g/mol. The summed E-state index contributed by atoms with van der Waals surface area (Å²) in [7, 11) is 0. The first kappa shape index (κ1) is 23.5. The number of aliphatic hydroxyl groups is 3. The van der Waals surface area contributed by atoms with Gasteiger partial charge in [-0.3, -0.25) is 0 Å². The number of hydrogen-bond acceptors (Lipinski definition) is 3. The molecule has 0 saturated heterocycles. The summed E-state index contributed by atoms with van der Waals surface area (Å²) in [5.74, 6) is 0. The van der Waals surface area contributed by atoms with E-state index in [0.29, 0.717) is 0 Å². The summed E-state index contributed by atoms with van der Waals surface area (Å²) in [6, 6.07) is 0. The third-order valence-corrected chi connectivity index (χ3v) is 0. The van der Waals surface area contributed by atoms with Crippen LogP contribution in [0.1, 0.15) is 41.5 Å². The SMILES string of the molecule is CC(C)O.CC(C)O.CC(C)O.[Sc]. The molecule has 13 heavy (non-hydrogen) atoms. The summed E-state index contributed by atoms with van der Waals surface area (Å²) in [4.78, 5) is 0. The zero-order valence-corrected chi connectivity index (χ0v) is 11.5. The number of aliphatic hydroxyl groups excluding tert-OH is 3. The van der Waals surface area contributed by atoms with E-state index in [1.54, 1.807) is 41.5 Å². The molecule has 0 amide bonds. The Bertz CT molecular complexity index is 43.4. The first-order chi connectivity index (χ1) is 5.20. The van der Waals surface area contributed by atoms with Crippen LogP contribution in [0.4, 0.5) is 0 Å². The molecule has 0 aliphatic heterocycles. The molecule has 0 aromatic carbocycles. The molecule has 3 N–H and O–H groups in total. The average Bonchev–Trinajstić information content (AvgIpc) is 1.54. The van der Waals surface area contributed by atoms with Crippen LogP contribution < -0.4 is 0 Å². The Morgan fingerprint density at radius 2 is 0.538 bits per heavy atom. The minimum Gasteiger partial charge on any atom is -0.394 e. The normalized spacial score (nSPS) is 8.31. The van der Waals surface area contributed by atoms with Crippen LogP contribution in [-0.2, 0) is 25.8 Å². The summed E-state index contributed by atoms with van der Waals surface area (Å²) < 4.78 is 0. The van der Waals surface area contributed by atoms with Crippen LogP contribution in [0, 0.1) is 0 Å². The maximum atomic E-state index is 8.06. The van der Waals surface area contributed by atoms with Crippen molar-refractivity contribution in [3.05, 3.63) is 0 Å². The van der Waals surface area contributed by atoms with E-state index in [1.165, 1.54) is 0 Å². The molecule has 0 rings (SSSR count). The fraction of sp³-hybridized carbons (Fsp3) is 1.00. The van der Waals surface area contributed by atoms with Gasteiger partial charge in [0.25, 0.3) is 0 Å². The van der Waals surface area contributed by atoms with Gasteiger partial charge in [0.15, 0.2) is 0 Å². The molecule has 0 bridgehead atoms. The molecule has 0 saturated carbocycles. The Morgan fingerprint density at radius 3 is 0.538 bits per heavy atom. The van der Waals surface area contributed by atoms with Crippen molar-refractivity contribution in [3.8, 4) is 0 Å². The summed E-state index contributed by atoms with van der Waals surface area (Å²) in [5.41, 5.74) is 0. The second kappa shape index (κ2) is 18.5. The predicted molar refractivity (Wildman–Crippen MR) is 52.1 cm³/mol. The van der Waals surface area contributed by atoms with Gasteiger partial charge in [-0.1, -0.05) is 0 Å². The van der Waals surface area contributed by atoms with E-state index in [-0.39, 0.29) is 44.2 Å². The topological polar surface area (TPSA) is 60.7 Å². The molecule has 0 aliphatic rings. The Morgan fingerprint density at radius 1 is 0.538 bits per heavy atom. The van der Waals surface area contributed by atoms with Crippen molar-refractivity contribution in [2.45, 2.75) is 59.9 Å². The van der Waals surface area contributed by atoms with Crippen LogP contribution in [0.15, 0.2) is 0 Å². The van der Waals surface area contributed by atoms with Crippen LogP contribution >= 0.6 is 0 Å². The molecule has 0 spiro atoms. The largest absolute Gasteiger partial charge is 0.394 e. The van der Waals surface area contributed by atoms with Crippen molar-refractivity contribution in [3.63, 3.8) is 0 Å². The molecule has 0 unspecified atom stereocenters. The summed E-state index contributed by atoms with van der Waals surface area (Å²) >= 11 is 0. The van der Waals surface area contributed by atoms with Crippen LogP contribution in [-0.4, -0.2) is 33.6 Å². The minimum atomic E-state index is -0.167. The second-order valence-corrected chi connectivity index (χ2v) is 3.28. The van der Waals surface area contributed by atoms with E-state index >= 15 is 0 Å². The fourth-order valence-electron chi connectivity index (χ4n) is 0. The zero-order valence-electron chi connectivity index (χ0n) is 9.65. The fourth-order valence-corrected chi connectivity index (χ4v) is 0. The van der Waals surface area contributed by atoms with Gasteiger partial charge >= 0.3 is 0 Å². The van der Waals surface area contributed by atoms with Crippen molar-refractivity contribution < 1.29 is 41.2 Å². The molecular weight excluding hydrogens is 201 g/mol. The van der Waals surface area contributed by atoms with E-state index in [0.717, 1.165) is 0 Å². The summed E-state index contributed by atoms with van der Waals surface area (Å²) in [6.07, 6.45) is -0.500. The van der Waals surface area contributed by atoms with E-state index in [1.807, 2.05) is 0 Å². The second-order valence-electron chi connectivity index (χ2n) is 3.28. The molecule has 0 fully saturated rings. The van der Waals surface area contributed by atoms with Gasteiger partial charge in [-0.25, -0.2) is 0 Å². The van der Waals surface area contributed by atoms with Gasteiger partial charge in [-0.2, -0.15) is 0 Å². The molecule has 81 valence electrons. The van der Waals surface area contributed by atoms with E-state index in [9.17, 15) is 0 Å². The smallest absolute Gasteiger partial charge is 0.0483 e. The van der Waals surface area contributed by atoms with Crippen molar-refractivity contribution in [1.82, 2.24) is 0 Å². The van der Waals surface area contributed by atoms with Crippen LogP contribution in [0.25, 0.3) is 0 Å². The molecule has 0 aromatic rings. The van der Waals surface area contributed by atoms with E-state index < -0.39 is 0 Å². The van der Waals surface area contributed by atoms with Crippen molar-refractivity contribution in [2.24, 2.45) is 0 Å². The van der Waals surface area contributed by atoms with Crippen molar-refractivity contribution in [2.75, 3.05) is 0 Å². The molecule has 0 heterocycles. The Labute approximate surface area is 101 Å². The van der Waals surface area contributed by atoms with Crippen LogP contribution in [0.5, 0.6) is 0 Å². The minimum absolute atomic E-state index is 0. The Hall–Kier alpha value is 0.750. The van der Waals surface area contributed by atoms with Crippen LogP contribution in [0.2, 0.25) is 0 Å². The van der Waals surface area contributed by atoms with Gasteiger partial charge in [0, 0.05) is 44.2 Å². The Balaban J connectivity index is -0.0000000450. The maximum absolute atomic E-state index is 8.06. The molecule has 4 heteroatoms. The molecule has 0 atom stereocenters. The van der Waals surface area contributed by atoms with Gasteiger partial charge in [0.1, 0.15) is 0 Å². The van der Waals surface area contributed by atoms with Gasteiger partial charge in [0.05, 0.1) is 0 Å². The van der Waals surface area contributed by atoms with Crippen LogP contribution in [0.3, 0.4) is 0 Å².